The number of nitrogens with one attached hydrogen (secondary N) is 1. The third-order valence-corrected chi connectivity index (χ3v) is 3.96. The van der Waals surface area contributed by atoms with E-state index in [-0.39, 0.29) is 5.91 Å². The predicted molar refractivity (Wildman–Crippen MR) is 80.2 cm³/mol. The van der Waals surface area contributed by atoms with Crippen LogP contribution in [0.3, 0.4) is 0 Å². The molecule has 0 radical (unpaired) electrons. The van der Waals surface area contributed by atoms with Crippen LogP contribution in [0.25, 0.3) is 0 Å². The molecule has 1 aromatic carbocycles. The van der Waals surface area contributed by atoms with Gasteiger partial charge in [-0.2, -0.15) is 0 Å². The van der Waals surface area contributed by atoms with Crippen molar-refractivity contribution in [1.29, 1.82) is 0 Å². The van der Waals surface area contributed by atoms with Crippen LogP contribution in [0.4, 0.5) is 0 Å². The zero-order valence-corrected chi connectivity index (χ0v) is 12.4. The molecule has 1 aliphatic heterocycles. The molecule has 1 N–H and O–H groups in total. The van der Waals surface area contributed by atoms with Crippen molar-refractivity contribution >= 4 is 5.91 Å². The fourth-order valence-corrected chi connectivity index (χ4v) is 2.72. The van der Waals surface area contributed by atoms with Crippen LogP contribution in [0.15, 0.2) is 24.3 Å². The van der Waals surface area contributed by atoms with Crippen LogP contribution in [0, 0.1) is 0 Å². The van der Waals surface area contributed by atoms with Crippen LogP contribution in [0.2, 0.25) is 0 Å². The Hall–Kier alpha value is -1.55. The minimum atomic E-state index is -0.0263. The van der Waals surface area contributed by atoms with E-state index >= 15 is 0 Å². The van der Waals surface area contributed by atoms with Crippen molar-refractivity contribution in [3.63, 3.8) is 0 Å². The van der Waals surface area contributed by atoms with Gasteiger partial charge in [-0.15, -0.1) is 0 Å². The van der Waals surface area contributed by atoms with Crippen LogP contribution >= 0.6 is 0 Å². The van der Waals surface area contributed by atoms with Gasteiger partial charge in [-0.1, -0.05) is 13.0 Å². The Balaban J connectivity index is 1.89. The van der Waals surface area contributed by atoms with Gasteiger partial charge in [-0.25, -0.2) is 0 Å². The first-order valence-corrected chi connectivity index (χ1v) is 7.41. The molecule has 2 rings (SSSR count). The van der Waals surface area contributed by atoms with E-state index in [1.165, 1.54) is 12.8 Å². The number of nitrogens with zero attached hydrogens (tertiary/aromatic N) is 1. The molecule has 0 bridgehead atoms. The topological polar surface area (TPSA) is 41.6 Å². The van der Waals surface area contributed by atoms with Gasteiger partial charge in [0.25, 0.3) is 5.91 Å². The van der Waals surface area contributed by atoms with Gasteiger partial charge in [0.15, 0.2) is 0 Å². The molecule has 1 aromatic rings. The largest absolute Gasteiger partial charge is 0.497 e. The molecule has 4 heteroatoms. The molecular weight excluding hydrogens is 252 g/mol. The molecule has 4 nitrogen and oxygen atoms in total. The van der Waals surface area contributed by atoms with Gasteiger partial charge in [-0.3, -0.25) is 9.69 Å². The van der Waals surface area contributed by atoms with E-state index in [0.29, 0.717) is 23.9 Å². The van der Waals surface area contributed by atoms with Crippen molar-refractivity contribution < 1.29 is 9.53 Å². The minimum absolute atomic E-state index is 0.0263. The molecular formula is C16H24N2O2. The standard InChI is InChI=1S/C16H24N2O2/c1-3-14(18-9-4-5-10-18)12-17-16(19)13-7-6-8-15(11-13)20-2/h6-8,11,14H,3-5,9-10,12H2,1-2H3,(H,17,19)/t14-/m0/s1. The van der Waals surface area contributed by atoms with Crippen molar-refractivity contribution in [2.45, 2.75) is 32.2 Å². The lowest BCUT2D eigenvalue weighted by molar-refractivity contribution is 0.0936. The maximum atomic E-state index is 12.2. The summed E-state index contributed by atoms with van der Waals surface area (Å²) in [4.78, 5) is 14.6. The zero-order chi connectivity index (χ0) is 14.4. The van der Waals surface area contributed by atoms with Gasteiger partial charge in [-0.05, 0) is 50.6 Å². The highest BCUT2D eigenvalue weighted by molar-refractivity contribution is 5.94. The summed E-state index contributed by atoms with van der Waals surface area (Å²) >= 11 is 0. The van der Waals surface area contributed by atoms with Crippen LogP contribution in [0.5, 0.6) is 5.75 Å². The van der Waals surface area contributed by atoms with E-state index in [1.54, 1.807) is 13.2 Å². The highest BCUT2D eigenvalue weighted by Crippen LogP contribution is 2.15. The second kappa shape index (κ2) is 7.29. The molecule has 20 heavy (non-hydrogen) atoms. The van der Waals surface area contributed by atoms with Gasteiger partial charge in [0.1, 0.15) is 5.75 Å². The zero-order valence-electron chi connectivity index (χ0n) is 12.4. The Kier molecular flexibility index (Phi) is 5.41. The lowest BCUT2D eigenvalue weighted by atomic mass is 10.1. The van der Waals surface area contributed by atoms with Crippen LogP contribution in [-0.2, 0) is 0 Å². The van der Waals surface area contributed by atoms with Gasteiger partial charge in [0.2, 0.25) is 0 Å². The molecule has 1 saturated heterocycles. The normalized spacial score (nSPS) is 16.9. The van der Waals surface area contributed by atoms with E-state index < -0.39 is 0 Å². The maximum absolute atomic E-state index is 12.2. The average Bonchev–Trinajstić information content (AvgIpc) is 3.02. The highest BCUT2D eigenvalue weighted by atomic mass is 16.5. The van der Waals surface area contributed by atoms with Crippen LogP contribution in [-0.4, -0.2) is 43.6 Å². The van der Waals surface area contributed by atoms with E-state index in [0.717, 1.165) is 19.5 Å². The second-order valence-corrected chi connectivity index (χ2v) is 5.25. The van der Waals surface area contributed by atoms with Gasteiger partial charge >= 0.3 is 0 Å². The summed E-state index contributed by atoms with van der Waals surface area (Å²) in [6.45, 7) is 5.22. The fraction of sp³-hybridized carbons (Fsp3) is 0.562. The SMILES string of the molecule is CC[C@@H](CNC(=O)c1cccc(OC)c1)N1CCCC1. The molecule has 1 atom stereocenters. The molecule has 0 aromatic heterocycles. The number of benzene rings is 1. The third-order valence-electron chi connectivity index (χ3n) is 3.96. The lowest BCUT2D eigenvalue weighted by Gasteiger charge is -2.26. The average molecular weight is 276 g/mol. The smallest absolute Gasteiger partial charge is 0.251 e. The first kappa shape index (κ1) is 14.9. The summed E-state index contributed by atoms with van der Waals surface area (Å²) in [5.41, 5.74) is 0.653. The molecule has 1 amide bonds. The number of carbonyl (C=O) groups excluding carboxylic acids is 1. The minimum Gasteiger partial charge on any atom is -0.497 e. The molecule has 110 valence electrons. The predicted octanol–water partition coefficient (Wildman–Crippen LogP) is 2.30. The van der Waals surface area contributed by atoms with Gasteiger partial charge in [0.05, 0.1) is 7.11 Å². The Morgan fingerprint density at radius 2 is 2.15 bits per heavy atom. The fourth-order valence-electron chi connectivity index (χ4n) is 2.72. The van der Waals surface area contributed by atoms with Gasteiger partial charge < -0.3 is 10.1 Å². The molecule has 0 saturated carbocycles. The van der Waals surface area contributed by atoms with Crippen LogP contribution < -0.4 is 10.1 Å². The first-order valence-electron chi connectivity index (χ1n) is 7.41. The number of carbonyl (C=O) groups is 1. The number of hydrogen-bond acceptors (Lipinski definition) is 3. The lowest BCUT2D eigenvalue weighted by Crippen LogP contribution is -2.42. The van der Waals surface area contributed by atoms with E-state index in [1.807, 2.05) is 18.2 Å². The molecule has 1 fully saturated rings. The van der Waals surface area contributed by atoms with Gasteiger partial charge in [0, 0.05) is 18.2 Å². The van der Waals surface area contributed by atoms with Crippen molar-refractivity contribution in [3.8, 4) is 5.75 Å². The molecule has 0 aliphatic carbocycles. The summed E-state index contributed by atoms with van der Waals surface area (Å²) in [5, 5.41) is 3.04. The van der Waals surface area contributed by atoms with E-state index in [9.17, 15) is 4.79 Å². The van der Waals surface area contributed by atoms with Crippen molar-refractivity contribution in [3.05, 3.63) is 29.8 Å². The van der Waals surface area contributed by atoms with Crippen LogP contribution in [0.1, 0.15) is 36.5 Å². The number of ether oxygens (including phenoxy) is 1. The molecule has 1 aliphatic rings. The molecule has 0 spiro atoms. The molecule has 0 unspecified atom stereocenters. The summed E-state index contributed by atoms with van der Waals surface area (Å²) in [6.07, 6.45) is 3.62. The summed E-state index contributed by atoms with van der Waals surface area (Å²) in [5.74, 6) is 0.686. The second-order valence-electron chi connectivity index (χ2n) is 5.25. The number of rotatable bonds is 6. The maximum Gasteiger partial charge on any atom is 0.251 e. The third kappa shape index (κ3) is 3.73. The highest BCUT2D eigenvalue weighted by Gasteiger charge is 2.20. The van der Waals surface area contributed by atoms with Crippen molar-refractivity contribution in [1.82, 2.24) is 10.2 Å². The number of likely N-dealkylation sites (tertiary alicyclic amines) is 1. The van der Waals surface area contributed by atoms with E-state index in [2.05, 4.69) is 17.1 Å². The monoisotopic (exact) mass is 276 g/mol. The van der Waals surface area contributed by atoms with E-state index in [4.69, 9.17) is 4.74 Å². The first-order chi connectivity index (χ1) is 9.74. The van der Waals surface area contributed by atoms with Crippen molar-refractivity contribution in [2.75, 3.05) is 26.7 Å². The number of methoxy groups -OCH3 is 1. The molecule has 1 heterocycles. The summed E-state index contributed by atoms with van der Waals surface area (Å²) in [7, 11) is 1.61. The van der Waals surface area contributed by atoms with Crippen molar-refractivity contribution in [2.24, 2.45) is 0 Å². The summed E-state index contributed by atoms with van der Waals surface area (Å²) in [6, 6.07) is 7.72. The number of hydrogen-bond donors (Lipinski definition) is 1. The number of amides is 1. The quantitative estimate of drug-likeness (QED) is 0.867. The Morgan fingerprint density at radius 1 is 1.40 bits per heavy atom. The Labute approximate surface area is 121 Å². The Bertz CT molecular complexity index is 442. The Morgan fingerprint density at radius 3 is 2.80 bits per heavy atom. The summed E-state index contributed by atoms with van der Waals surface area (Å²) < 4.78 is 5.14.